The summed E-state index contributed by atoms with van der Waals surface area (Å²) in [7, 11) is 1.35. The van der Waals surface area contributed by atoms with Crippen LogP contribution in [0.2, 0.25) is 5.02 Å². The summed E-state index contributed by atoms with van der Waals surface area (Å²) in [6.07, 6.45) is 10.3. The fourth-order valence-corrected chi connectivity index (χ4v) is 8.11. The molecular weight excluding hydrogens is 650 g/mol. The lowest BCUT2D eigenvalue weighted by Gasteiger charge is -2.36. The average molecular weight is 699 g/mol. The Kier molecular flexibility index (Phi) is 13.0. The van der Waals surface area contributed by atoms with Gasteiger partial charge >= 0.3 is 0 Å². The number of fused-ring (bicyclic) bond motifs is 2. The van der Waals surface area contributed by atoms with E-state index in [2.05, 4.69) is 39.7 Å². The number of benzene rings is 2. The van der Waals surface area contributed by atoms with Crippen LogP contribution in [0.4, 0.5) is 5.69 Å². The molecule has 2 aromatic carbocycles. The SMILES string of the molecule is CC[C@@H]1CCN2Cc3ccc(Cl)cc3CCCCOc3ccc(cc32)C(=O)N=[S-](=O)C(NC(=O)C2CC(OC)C2)[C@@H](C)C/C=C/[C@@H]1OC. The second-order valence-electron chi connectivity index (χ2n) is 13.2. The molecule has 2 aliphatic heterocycles. The fourth-order valence-electron chi connectivity index (χ4n) is 6.81. The monoisotopic (exact) mass is 698 g/mol. The Bertz CT molecular complexity index is 1550. The molecule has 2 amide bonds. The second kappa shape index (κ2) is 17.1. The summed E-state index contributed by atoms with van der Waals surface area (Å²) in [6.45, 7) is 5.94. The predicted octanol–water partition coefficient (Wildman–Crippen LogP) is 7.24. The summed E-state index contributed by atoms with van der Waals surface area (Å²) in [5, 5.41) is 2.85. The highest BCUT2D eigenvalue weighted by Crippen LogP contribution is 2.35. The van der Waals surface area contributed by atoms with Gasteiger partial charge in [-0.3, -0.25) is 9.59 Å². The van der Waals surface area contributed by atoms with Crippen LogP contribution in [0.3, 0.4) is 0 Å². The molecule has 3 aliphatic rings. The maximum absolute atomic E-state index is 13.8. The van der Waals surface area contributed by atoms with Gasteiger partial charge in [0, 0.05) is 43.8 Å². The van der Waals surface area contributed by atoms with E-state index in [0.717, 1.165) is 37.8 Å². The van der Waals surface area contributed by atoms with Gasteiger partial charge in [-0.2, -0.15) is 10.6 Å². The van der Waals surface area contributed by atoms with Crippen LogP contribution in [0.15, 0.2) is 52.9 Å². The lowest BCUT2D eigenvalue weighted by molar-refractivity contribution is -0.133. The molecule has 5 rings (SSSR count). The molecular formula is C37H49ClN3O6S-. The number of aryl methyl sites for hydroxylation is 1. The summed E-state index contributed by atoms with van der Waals surface area (Å²) >= 11 is 6.43. The van der Waals surface area contributed by atoms with E-state index >= 15 is 0 Å². The van der Waals surface area contributed by atoms with Crippen LogP contribution < -0.4 is 15.0 Å². The molecule has 48 heavy (non-hydrogen) atoms. The predicted molar refractivity (Wildman–Crippen MR) is 190 cm³/mol. The maximum Gasteiger partial charge on any atom is 0.254 e. The van der Waals surface area contributed by atoms with E-state index in [1.54, 1.807) is 20.3 Å². The quantitative estimate of drug-likeness (QED) is 0.259. The molecule has 2 heterocycles. The molecule has 0 radical (unpaired) electrons. The lowest BCUT2D eigenvalue weighted by atomic mass is 9.81. The van der Waals surface area contributed by atoms with E-state index in [-0.39, 0.29) is 35.9 Å². The average Bonchev–Trinajstić information content (AvgIpc) is 3.08. The lowest BCUT2D eigenvalue weighted by Crippen LogP contribution is -2.48. The van der Waals surface area contributed by atoms with E-state index < -0.39 is 21.9 Å². The van der Waals surface area contributed by atoms with Gasteiger partial charge in [-0.15, -0.1) is 0 Å². The Labute approximate surface area is 291 Å². The number of allylic oxidation sites excluding steroid dienone is 1. The molecule has 1 fully saturated rings. The maximum atomic E-state index is 13.8. The third kappa shape index (κ3) is 9.00. The molecule has 0 spiro atoms. The highest BCUT2D eigenvalue weighted by Gasteiger charge is 2.35. The van der Waals surface area contributed by atoms with Crippen molar-refractivity contribution in [2.24, 2.45) is 22.1 Å². The summed E-state index contributed by atoms with van der Waals surface area (Å²) in [5.74, 6) is -0.340. The van der Waals surface area contributed by atoms with Gasteiger partial charge in [0.25, 0.3) is 5.91 Å². The molecule has 1 saturated carbocycles. The topological polar surface area (TPSA) is 107 Å². The first-order valence-electron chi connectivity index (χ1n) is 17.2. The van der Waals surface area contributed by atoms with Crippen LogP contribution in [-0.4, -0.2) is 56.8 Å². The van der Waals surface area contributed by atoms with Crippen molar-refractivity contribution in [3.63, 3.8) is 0 Å². The van der Waals surface area contributed by atoms with E-state index in [1.807, 2.05) is 31.2 Å². The van der Waals surface area contributed by atoms with Gasteiger partial charge in [-0.25, -0.2) is 0 Å². The van der Waals surface area contributed by atoms with Crippen molar-refractivity contribution in [1.29, 1.82) is 0 Å². The highest BCUT2D eigenvalue weighted by atomic mass is 35.5. The third-order valence-corrected chi connectivity index (χ3v) is 11.6. The molecule has 1 N–H and O–H groups in total. The van der Waals surface area contributed by atoms with E-state index in [1.165, 1.54) is 11.1 Å². The fraction of sp³-hybridized carbons (Fsp3) is 0.568. The number of hydrogen-bond acceptors (Lipinski definition) is 8. The van der Waals surface area contributed by atoms with Crippen LogP contribution in [0.1, 0.15) is 80.3 Å². The number of nitrogens with zero attached hydrogens (tertiary/aromatic N) is 2. The number of amides is 2. The molecule has 1 aliphatic carbocycles. The molecule has 11 heteroatoms. The first-order chi connectivity index (χ1) is 23.2. The highest BCUT2D eigenvalue weighted by molar-refractivity contribution is 7.75. The number of ether oxygens (including phenoxy) is 3. The van der Waals surface area contributed by atoms with Crippen molar-refractivity contribution < 1.29 is 28.0 Å². The summed E-state index contributed by atoms with van der Waals surface area (Å²) in [4.78, 5) is 29.1. The molecule has 4 atom stereocenters. The number of carbonyl (C=O) groups excluding carboxylic acids is 2. The standard InChI is InChI=1S/C37H49ClN3O6S/c1-5-25-16-17-41-23-28-12-14-30(38)19-26(28)10-6-7-18-47-34-15-13-27(22-32(34)41)36(43)40-48(44)37(24(2)9-8-11-33(25)46-4)39-35(42)29-20-31(21-29)45-3/h8,11-15,19,22,24-25,29,31,33,37H,5-7,9-10,16-18,20-21,23H2,1-4H3,(H,39,42)/q-1/b11-8+/t24-,25+,29?,31?,33-,37?/m0/s1. The Morgan fingerprint density at radius 2 is 1.94 bits per heavy atom. The number of anilines is 1. The minimum atomic E-state index is -2.02. The molecule has 2 aromatic rings. The van der Waals surface area contributed by atoms with Crippen molar-refractivity contribution in [2.75, 3.05) is 32.3 Å². The molecule has 1 unspecified atom stereocenters. The number of hydrogen-bond donors (Lipinski definition) is 1. The van der Waals surface area contributed by atoms with Gasteiger partial charge < -0.3 is 33.0 Å². The number of nitrogens with one attached hydrogen (secondary N) is 1. The summed E-state index contributed by atoms with van der Waals surface area (Å²) in [6, 6.07) is 11.4. The summed E-state index contributed by atoms with van der Waals surface area (Å²) < 4.78 is 35.6. The third-order valence-electron chi connectivity index (χ3n) is 10.0. The first kappa shape index (κ1) is 36.4. The molecule has 2 bridgehead atoms. The van der Waals surface area contributed by atoms with Gasteiger partial charge in [-0.1, -0.05) is 50.1 Å². The van der Waals surface area contributed by atoms with E-state index in [9.17, 15) is 13.8 Å². The van der Waals surface area contributed by atoms with Crippen molar-refractivity contribution in [1.82, 2.24) is 5.32 Å². The van der Waals surface area contributed by atoms with Crippen molar-refractivity contribution in [3.05, 3.63) is 70.3 Å². The molecule has 0 saturated heterocycles. The van der Waals surface area contributed by atoms with Crippen molar-refractivity contribution >= 4 is 39.7 Å². The van der Waals surface area contributed by atoms with Gasteiger partial charge in [0.15, 0.2) is 0 Å². The van der Waals surface area contributed by atoms with E-state index in [4.69, 9.17) is 25.8 Å². The Morgan fingerprint density at radius 1 is 1.12 bits per heavy atom. The van der Waals surface area contributed by atoms with Gasteiger partial charge in [0.2, 0.25) is 5.91 Å². The molecule has 0 aromatic heterocycles. The van der Waals surface area contributed by atoms with Crippen molar-refractivity contribution in [2.45, 2.75) is 89.3 Å². The molecule has 9 nitrogen and oxygen atoms in total. The van der Waals surface area contributed by atoms with Crippen LogP contribution in [0.5, 0.6) is 5.75 Å². The Balaban J connectivity index is 1.55. The normalized spacial score (nSPS) is 28.1. The molecule has 262 valence electrons. The van der Waals surface area contributed by atoms with Crippen LogP contribution >= 0.6 is 11.6 Å². The number of rotatable bonds is 5. The van der Waals surface area contributed by atoms with E-state index in [0.29, 0.717) is 55.3 Å². The number of halogens is 1. The second-order valence-corrected chi connectivity index (χ2v) is 14.9. The number of carbonyl (C=O) groups is 2. The van der Waals surface area contributed by atoms with Gasteiger partial charge in [0.05, 0.1) is 24.5 Å². The van der Waals surface area contributed by atoms with Crippen LogP contribution in [0.25, 0.3) is 0 Å². The zero-order chi connectivity index (χ0) is 34.2. The smallest absolute Gasteiger partial charge is 0.254 e. The zero-order valence-electron chi connectivity index (χ0n) is 28.5. The van der Waals surface area contributed by atoms with Crippen molar-refractivity contribution in [3.8, 4) is 5.75 Å². The summed E-state index contributed by atoms with van der Waals surface area (Å²) in [5.41, 5.74) is 3.49. The minimum Gasteiger partial charge on any atom is -0.491 e. The van der Waals surface area contributed by atoms with Gasteiger partial charge in [0.1, 0.15) is 5.75 Å². The van der Waals surface area contributed by atoms with Crippen LogP contribution in [-0.2, 0) is 42.0 Å². The zero-order valence-corrected chi connectivity index (χ0v) is 30.1. The van der Waals surface area contributed by atoms with Crippen LogP contribution in [0, 0.1) is 17.8 Å². The minimum absolute atomic E-state index is 0.0535. The number of methoxy groups -OCH3 is 2. The first-order valence-corrected chi connectivity index (χ1v) is 18.7. The Hall–Kier alpha value is -2.92. The Morgan fingerprint density at radius 3 is 2.69 bits per heavy atom. The van der Waals surface area contributed by atoms with Gasteiger partial charge in [-0.05, 0) is 104 Å². The largest absolute Gasteiger partial charge is 0.491 e.